The van der Waals surface area contributed by atoms with Gasteiger partial charge >= 0.3 is 0 Å². The van der Waals surface area contributed by atoms with Crippen molar-refractivity contribution < 1.29 is 9.18 Å². The molecule has 0 saturated heterocycles. The van der Waals surface area contributed by atoms with Gasteiger partial charge in [-0.3, -0.25) is 9.78 Å². The van der Waals surface area contributed by atoms with Gasteiger partial charge in [-0.15, -0.1) is 0 Å². The Morgan fingerprint density at radius 3 is 2.78 bits per heavy atom. The van der Waals surface area contributed by atoms with Gasteiger partial charge in [0.1, 0.15) is 5.15 Å². The second-order valence-electron chi connectivity index (χ2n) is 3.46. The number of anilines is 1. The highest BCUT2D eigenvalue weighted by Crippen LogP contribution is 2.11. The number of nitrogens with zero attached hydrogens (tertiary/aromatic N) is 3. The van der Waals surface area contributed by atoms with Gasteiger partial charge in [0.05, 0.1) is 18.1 Å². The van der Waals surface area contributed by atoms with Gasteiger partial charge in [0, 0.05) is 0 Å². The first-order valence-corrected chi connectivity index (χ1v) is 5.36. The maximum absolute atomic E-state index is 13.4. The average molecular weight is 267 g/mol. The molecule has 2 heterocycles. The SMILES string of the molecule is Cc1cnc(NC(=O)c2nc(Cl)ccc2F)cn1. The summed E-state index contributed by atoms with van der Waals surface area (Å²) in [5.41, 5.74) is 0.324. The van der Waals surface area contributed by atoms with Crippen molar-refractivity contribution in [1.29, 1.82) is 0 Å². The molecule has 2 aromatic heterocycles. The van der Waals surface area contributed by atoms with Crippen LogP contribution in [-0.4, -0.2) is 20.9 Å². The monoisotopic (exact) mass is 266 g/mol. The van der Waals surface area contributed by atoms with Crippen molar-refractivity contribution in [3.8, 4) is 0 Å². The molecule has 0 aliphatic rings. The smallest absolute Gasteiger partial charge is 0.278 e. The van der Waals surface area contributed by atoms with Gasteiger partial charge in [0.2, 0.25) is 0 Å². The molecule has 7 heteroatoms. The van der Waals surface area contributed by atoms with E-state index in [9.17, 15) is 9.18 Å². The lowest BCUT2D eigenvalue weighted by Gasteiger charge is -2.04. The number of rotatable bonds is 2. The predicted octanol–water partition coefficient (Wildman–Crippen LogP) is 2.22. The molecule has 0 fully saturated rings. The van der Waals surface area contributed by atoms with Gasteiger partial charge in [-0.25, -0.2) is 14.4 Å². The number of pyridine rings is 1. The maximum atomic E-state index is 13.4. The molecule has 0 unspecified atom stereocenters. The number of nitrogens with one attached hydrogen (secondary N) is 1. The normalized spacial score (nSPS) is 10.2. The van der Waals surface area contributed by atoms with Crippen LogP contribution in [0.5, 0.6) is 0 Å². The van der Waals surface area contributed by atoms with Crippen LogP contribution in [0, 0.1) is 12.7 Å². The summed E-state index contributed by atoms with van der Waals surface area (Å²) in [6.45, 7) is 1.76. The lowest BCUT2D eigenvalue weighted by atomic mass is 10.3. The standard InChI is InChI=1S/C11H8ClFN4O/c1-6-4-15-9(5-14-6)17-11(18)10-7(13)2-3-8(12)16-10/h2-5H,1H3,(H,15,17,18). The predicted molar refractivity (Wildman–Crippen MR) is 63.9 cm³/mol. The summed E-state index contributed by atoms with van der Waals surface area (Å²) < 4.78 is 13.4. The number of halogens is 2. The van der Waals surface area contributed by atoms with E-state index in [1.54, 1.807) is 6.92 Å². The fourth-order valence-corrected chi connectivity index (χ4v) is 1.36. The summed E-state index contributed by atoms with van der Waals surface area (Å²) in [6, 6.07) is 2.34. The summed E-state index contributed by atoms with van der Waals surface area (Å²) in [5, 5.41) is 2.42. The molecule has 2 aromatic rings. The average Bonchev–Trinajstić information content (AvgIpc) is 2.35. The molecule has 0 aliphatic carbocycles. The summed E-state index contributed by atoms with van der Waals surface area (Å²) in [6.07, 6.45) is 2.85. The van der Waals surface area contributed by atoms with Gasteiger partial charge in [-0.1, -0.05) is 11.6 Å². The minimum Gasteiger partial charge on any atom is -0.304 e. The Morgan fingerprint density at radius 1 is 1.33 bits per heavy atom. The van der Waals surface area contributed by atoms with Crippen molar-refractivity contribution in [3.05, 3.63) is 46.9 Å². The van der Waals surface area contributed by atoms with Crippen LogP contribution in [-0.2, 0) is 0 Å². The number of aryl methyl sites for hydroxylation is 1. The van der Waals surface area contributed by atoms with Crippen molar-refractivity contribution in [2.24, 2.45) is 0 Å². The molecular weight excluding hydrogens is 259 g/mol. The summed E-state index contributed by atoms with van der Waals surface area (Å²) in [4.78, 5) is 23.2. The van der Waals surface area contributed by atoms with Gasteiger partial charge in [0.15, 0.2) is 17.3 Å². The Kier molecular flexibility index (Phi) is 3.47. The van der Waals surface area contributed by atoms with Crippen molar-refractivity contribution in [3.63, 3.8) is 0 Å². The first-order chi connectivity index (χ1) is 8.56. The third-order valence-electron chi connectivity index (χ3n) is 2.05. The Balaban J connectivity index is 2.21. The zero-order valence-corrected chi connectivity index (χ0v) is 10.1. The van der Waals surface area contributed by atoms with E-state index in [1.807, 2.05) is 0 Å². The van der Waals surface area contributed by atoms with E-state index < -0.39 is 11.7 Å². The van der Waals surface area contributed by atoms with Crippen LogP contribution in [0.3, 0.4) is 0 Å². The van der Waals surface area contributed by atoms with E-state index >= 15 is 0 Å². The third kappa shape index (κ3) is 2.78. The molecule has 0 spiro atoms. The number of hydrogen-bond acceptors (Lipinski definition) is 4. The highest BCUT2D eigenvalue weighted by molar-refractivity contribution is 6.29. The fourth-order valence-electron chi connectivity index (χ4n) is 1.21. The van der Waals surface area contributed by atoms with Crippen LogP contribution in [0.25, 0.3) is 0 Å². The zero-order valence-electron chi connectivity index (χ0n) is 9.32. The number of amides is 1. The van der Waals surface area contributed by atoms with Gasteiger partial charge in [-0.05, 0) is 19.1 Å². The van der Waals surface area contributed by atoms with Crippen molar-refractivity contribution in [1.82, 2.24) is 15.0 Å². The van der Waals surface area contributed by atoms with Crippen molar-refractivity contribution in [2.75, 3.05) is 5.32 Å². The number of carbonyl (C=O) groups is 1. The highest BCUT2D eigenvalue weighted by atomic mass is 35.5. The molecule has 1 amide bonds. The zero-order chi connectivity index (χ0) is 13.1. The van der Waals surface area contributed by atoms with E-state index in [4.69, 9.17) is 11.6 Å². The third-order valence-corrected chi connectivity index (χ3v) is 2.26. The van der Waals surface area contributed by atoms with Crippen LogP contribution in [0.4, 0.5) is 10.2 Å². The lowest BCUT2D eigenvalue weighted by molar-refractivity contribution is 0.101. The van der Waals surface area contributed by atoms with Crippen molar-refractivity contribution >= 4 is 23.3 Å². The molecule has 0 atom stereocenters. The number of hydrogen-bond donors (Lipinski definition) is 1. The van der Waals surface area contributed by atoms with Crippen molar-refractivity contribution in [2.45, 2.75) is 6.92 Å². The lowest BCUT2D eigenvalue weighted by Crippen LogP contribution is -2.16. The Morgan fingerprint density at radius 2 is 2.11 bits per heavy atom. The highest BCUT2D eigenvalue weighted by Gasteiger charge is 2.14. The van der Waals surface area contributed by atoms with Gasteiger partial charge < -0.3 is 5.32 Å². The maximum Gasteiger partial charge on any atom is 0.278 e. The van der Waals surface area contributed by atoms with E-state index in [0.717, 1.165) is 6.07 Å². The Hall–Kier alpha value is -2.08. The number of carbonyl (C=O) groups excluding carboxylic acids is 1. The van der Waals surface area contributed by atoms with Gasteiger partial charge in [-0.2, -0.15) is 0 Å². The summed E-state index contributed by atoms with van der Waals surface area (Å²) in [5.74, 6) is -1.27. The minimum atomic E-state index is -0.753. The number of aromatic nitrogens is 3. The first kappa shape index (κ1) is 12.4. The van der Waals surface area contributed by atoms with Crippen LogP contribution in [0.15, 0.2) is 24.5 Å². The quantitative estimate of drug-likeness (QED) is 0.847. The Labute approximate surface area is 107 Å². The van der Waals surface area contributed by atoms with Gasteiger partial charge in [0.25, 0.3) is 5.91 Å². The largest absolute Gasteiger partial charge is 0.304 e. The molecule has 18 heavy (non-hydrogen) atoms. The minimum absolute atomic E-state index is 0.0385. The second kappa shape index (κ2) is 5.05. The molecule has 0 aromatic carbocycles. The molecule has 1 N–H and O–H groups in total. The second-order valence-corrected chi connectivity index (χ2v) is 3.85. The van der Waals surface area contributed by atoms with Crippen LogP contribution in [0.1, 0.15) is 16.2 Å². The molecule has 0 bridgehead atoms. The van der Waals surface area contributed by atoms with Crippen LogP contribution in [0.2, 0.25) is 5.15 Å². The Bertz CT molecular complexity index is 588. The van der Waals surface area contributed by atoms with Crippen LogP contribution >= 0.6 is 11.6 Å². The first-order valence-electron chi connectivity index (χ1n) is 4.98. The fraction of sp³-hybridized carbons (Fsp3) is 0.0909. The summed E-state index contributed by atoms with van der Waals surface area (Å²) >= 11 is 5.60. The summed E-state index contributed by atoms with van der Waals surface area (Å²) in [7, 11) is 0. The molecular formula is C11H8ClFN4O. The van der Waals surface area contributed by atoms with E-state index in [1.165, 1.54) is 18.5 Å². The van der Waals surface area contributed by atoms with E-state index in [-0.39, 0.29) is 16.7 Å². The van der Waals surface area contributed by atoms with E-state index in [2.05, 4.69) is 20.3 Å². The molecule has 0 saturated carbocycles. The molecule has 0 radical (unpaired) electrons. The van der Waals surface area contributed by atoms with Crippen LogP contribution < -0.4 is 5.32 Å². The molecule has 92 valence electrons. The van der Waals surface area contributed by atoms with E-state index in [0.29, 0.717) is 5.69 Å². The molecule has 0 aliphatic heterocycles. The topological polar surface area (TPSA) is 67.8 Å². The molecule has 5 nitrogen and oxygen atoms in total. The molecule has 2 rings (SSSR count).